The quantitative estimate of drug-likeness (QED) is 0.660. The Labute approximate surface area is 165 Å². The van der Waals surface area contributed by atoms with E-state index >= 15 is 0 Å². The monoisotopic (exact) mass is 379 g/mol. The number of nitrogens with zero attached hydrogens (tertiary/aromatic N) is 5. The minimum absolute atomic E-state index is 0.221. The van der Waals surface area contributed by atoms with Crippen LogP contribution in [-0.2, 0) is 19.6 Å². The van der Waals surface area contributed by atoms with Gasteiger partial charge in [-0.05, 0) is 30.2 Å². The fourth-order valence-corrected chi connectivity index (χ4v) is 3.71. The maximum atomic E-state index is 13.3. The average molecular weight is 379 g/mol. The van der Waals surface area contributed by atoms with Crippen molar-refractivity contribution in [1.29, 1.82) is 0 Å². The topological polar surface area (TPSA) is 37.2 Å². The van der Waals surface area contributed by atoms with Gasteiger partial charge in [0, 0.05) is 39.3 Å². The lowest BCUT2D eigenvalue weighted by atomic mass is 10.1. The first-order valence-corrected chi connectivity index (χ1v) is 9.78. The van der Waals surface area contributed by atoms with Crippen molar-refractivity contribution in [2.75, 3.05) is 26.2 Å². The molecule has 1 aliphatic heterocycles. The molecule has 0 amide bonds. The first-order valence-electron chi connectivity index (χ1n) is 9.78. The van der Waals surface area contributed by atoms with Crippen LogP contribution in [0.5, 0.6) is 0 Å². The SMILES string of the molecule is Cc1cccc(CN2CCN(Cc3cn(Cc4cccc(F)c4)nn3)CC2)c1. The highest BCUT2D eigenvalue weighted by Crippen LogP contribution is 2.12. The number of benzene rings is 2. The van der Waals surface area contributed by atoms with Gasteiger partial charge in [0.15, 0.2) is 0 Å². The van der Waals surface area contributed by atoms with Gasteiger partial charge in [0.2, 0.25) is 0 Å². The molecule has 0 unspecified atom stereocenters. The number of halogens is 1. The van der Waals surface area contributed by atoms with Crippen LogP contribution in [0.3, 0.4) is 0 Å². The molecule has 0 atom stereocenters. The van der Waals surface area contributed by atoms with Crippen LogP contribution in [-0.4, -0.2) is 51.0 Å². The molecule has 1 fully saturated rings. The molecule has 0 bridgehead atoms. The standard InChI is InChI=1S/C22H26FN5/c1-18-4-2-5-19(12-18)14-26-8-10-27(11-9-26)16-22-17-28(25-24-22)15-20-6-3-7-21(23)13-20/h2-7,12-13,17H,8-11,14-16H2,1H3. The van der Waals surface area contributed by atoms with Crippen molar-refractivity contribution in [3.63, 3.8) is 0 Å². The molecular weight excluding hydrogens is 353 g/mol. The number of hydrogen-bond donors (Lipinski definition) is 0. The van der Waals surface area contributed by atoms with Crippen molar-refractivity contribution < 1.29 is 4.39 Å². The van der Waals surface area contributed by atoms with E-state index in [1.807, 2.05) is 12.3 Å². The van der Waals surface area contributed by atoms with Gasteiger partial charge < -0.3 is 0 Å². The third-order valence-electron chi connectivity index (χ3n) is 5.16. The minimum atomic E-state index is -0.221. The van der Waals surface area contributed by atoms with E-state index < -0.39 is 0 Å². The molecule has 1 aliphatic rings. The smallest absolute Gasteiger partial charge is 0.123 e. The third kappa shape index (κ3) is 5.03. The maximum absolute atomic E-state index is 13.3. The molecule has 3 aromatic rings. The summed E-state index contributed by atoms with van der Waals surface area (Å²) < 4.78 is 15.1. The lowest BCUT2D eigenvalue weighted by Gasteiger charge is -2.34. The molecule has 0 N–H and O–H groups in total. The Hall–Kier alpha value is -2.57. The molecule has 0 spiro atoms. The fraction of sp³-hybridized carbons (Fsp3) is 0.364. The van der Waals surface area contributed by atoms with Crippen LogP contribution in [0.25, 0.3) is 0 Å². The molecule has 146 valence electrons. The van der Waals surface area contributed by atoms with Gasteiger partial charge in [-0.25, -0.2) is 9.07 Å². The van der Waals surface area contributed by atoms with Gasteiger partial charge in [-0.2, -0.15) is 0 Å². The lowest BCUT2D eigenvalue weighted by molar-refractivity contribution is 0.121. The van der Waals surface area contributed by atoms with Crippen LogP contribution >= 0.6 is 0 Å². The molecule has 4 rings (SSSR count). The molecule has 1 saturated heterocycles. The summed E-state index contributed by atoms with van der Waals surface area (Å²) in [5.74, 6) is -0.221. The van der Waals surface area contributed by atoms with Crippen molar-refractivity contribution in [2.24, 2.45) is 0 Å². The molecule has 1 aromatic heterocycles. The Morgan fingerprint density at radius 3 is 2.25 bits per heavy atom. The van der Waals surface area contributed by atoms with E-state index in [4.69, 9.17) is 0 Å². The first-order chi connectivity index (χ1) is 13.6. The summed E-state index contributed by atoms with van der Waals surface area (Å²) in [5.41, 5.74) is 4.55. The summed E-state index contributed by atoms with van der Waals surface area (Å²) in [6.45, 7) is 8.68. The van der Waals surface area contributed by atoms with E-state index in [1.165, 1.54) is 23.3 Å². The number of piperazine rings is 1. The summed E-state index contributed by atoms with van der Waals surface area (Å²) in [7, 11) is 0. The van der Waals surface area contributed by atoms with Gasteiger partial charge in [-0.1, -0.05) is 47.2 Å². The molecule has 0 radical (unpaired) electrons. The fourth-order valence-electron chi connectivity index (χ4n) is 3.71. The predicted octanol–water partition coefficient (Wildman–Crippen LogP) is 3.09. The van der Waals surface area contributed by atoms with Crippen molar-refractivity contribution >= 4 is 0 Å². The van der Waals surface area contributed by atoms with Crippen LogP contribution in [0.2, 0.25) is 0 Å². The highest BCUT2D eigenvalue weighted by atomic mass is 19.1. The van der Waals surface area contributed by atoms with Gasteiger partial charge in [-0.3, -0.25) is 9.80 Å². The van der Waals surface area contributed by atoms with Crippen molar-refractivity contribution in [3.8, 4) is 0 Å². The Morgan fingerprint density at radius 1 is 0.857 bits per heavy atom. The molecule has 5 nitrogen and oxygen atoms in total. The van der Waals surface area contributed by atoms with Crippen molar-refractivity contribution in [1.82, 2.24) is 24.8 Å². The highest BCUT2D eigenvalue weighted by Gasteiger charge is 2.18. The maximum Gasteiger partial charge on any atom is 0.123 e. The second kappa shape index (κ2) is 8.63. The van der Waals surface area contributed by atoms with Crippen LogP contribution in [0.1, 0.15) is 22.4 Å². The Kier molecular flexibility index (Phi) is 5.78. The van der Waals surface area contributed by atoms with Gasteiger partial charge in [0.05, 0.1) is 18.4 Å². The number of aryl methyl sites for hydroxylation is 1. The summed E-state index contributed by atoms with van der Waals surface area (Å²) in [6, 6.07) is 15.4. The van der Waals surface area contributed by atoms with E-state index in [0.717, 1.165) is 50.5 Å². The summed E-state index contributed by atoms with van der Waals surface area (Å²) in [6.07, 6.45) is 1.96. The molecule has 0 aliphatic carbocycles. The van der Waals surface area contributed by atoms with E-state index in [9.17, 15) is 4.39 Å². The number of rotatable bonds is 6. The normalized spacial score (nSPS) is 15.8. The zero-order valence-corrected chi connectivity index (χ0v) is 16.3. The lowest BCUT2D eigenvalue weighted by Crippen LogP contribution is -2.45. The Bertz CT molecular complexity index is 915. The van der Waals surface area contributed by atoms with E-state index in [-0.39, 0.29) is 5.82 Å². The number of aromatic nitrogens is 3. The van der Waals surface area contributed by atoms with Crippen LogP contribution < -0.4 is 0 Å². The zero-order chi connectivity index (χ0) is 19.3. The Morgan fingerprint density at radius 2 is 1.54 bits per heavy atom. The summed E-state index contributed by atoms with van der Waals surface area (Å²) in [5, 5.41) is 8.48. The average Bonchev–Trinajstić information content (AvgIpc) is 3.10. The second-order valence-electron chi connectivity index (χ2n) is 7.58. The van der Waals surface area contributed by atoms with Crippen LogP contribution in [0.15, 0.2) is 54.7 Å². The minimum Gasteiger partial charge on any atom is -0.297 e. The molecule has 2 aromatic carbocycles. The van der Waals surface area contributed by atoms with Crippen molar-refractivity contribution in [3.05, 3.63) is 82.9 Å². The molecule has 6 heteroatoms. The van der Waals surface area contributed by atoms with E-state index in [1.54, 1.807) is 10.7 Å². The largest absolute Gasteiger partial charge is 0.297 e. The summed E-state index contributed by atoms with van der Waals surface area (Å²) in [4.78, 5) is 4.93. The van der Waals surface area contributed by atoms with Crippen LogP contribution in [0, 0.1) is 12.7 Å². The first kappa shape index (κ1) is 18.8. The predicted molar refractivity (Wildman–Crippen MR) is 107 cm³/mol. The van der Waals surface area contributed by atoms with E-state index in [0.29, 0.717) is 6.54 Å². The van der Waals surface area contributed by atoms with Gasteiger partial charge in [0.1, 0.15) is 5.82 Å². The third-order valence-corrected chi connectivity index (χ3v) is 5.16. The number of hydrogen-bond acceptors (Lipinski definition) is 4. The van der Waals surface area contributed by atoms with Gasteiger partial charge >= 0.3 is 0 Å². The molecule has 2 heterocycles. The van der Waals surface area contributed by atoms with Gasteiger partial charge in [0.25, 0.3) is 0 Å². The van der Waals surface area contributed by atoms with E-state index in [2.05, 4.69) is 51.3 Å². The zero-order valence-electron chi connectivity index (χ0n) is 16.3. The highest BCUT2D eigenvalue weighted by molar-refractivity contribution is 5.22. The van der Waals surface area contributed by atoms with Crippen molar-refractivity contribution in [2.45, 2.75) is 26.6 Å². The second-order valence-corrected chi connectivity index (χ2v) is 7.58. The van der Waals surface area contributed by atoms with Crippen LogP contribution in [0.4, 0.5) is 4.39 Å². The molecule has 0 saturated carbocycles. The summed E-state index contributed by atoms with van der Waals surface area (Å²) >= 11 is 0. The molecule has 28 heavy (non-hydrogen) atoms. The molecular formula is C22H26FN5. The Balaban J connectivity index is 1.26. The van der Waals surface area contributed by atoms with Gasteiger partial charge in [-0.15, -0.1) is 5.10 Å².